The second kappa shape index (κ2) is 9.69. The maximum atomic E-state index is 14.3. The lowest BCUT2D eigenvalue weighted by Crippen LogP contribution is -2.35. The molecule has 0 N–H and O–H groups in total. The van der Waals surface area contributed by atoms with Crippen LogP contribution in [-0.2, 0) is 22.7 Å². The van der Waals surface area contributed by atoms with Crippen LogP contribution < -0.4 is 4.74 Å². The molecule has 0 aliphatic carbocycles. The average molecular weight is 445 g/mol. The van der Waals surface area contributed by atoms with Crippen molar-refractivity contribution in [2.75, 3.05) is 13.7 Å². The van der Waals surface area contributed by atoms with Crippen molar-refractivity contribution in [1.82, 2.24) is 9.80 Å². The number of hydrogen-bond donors (Lipinski definition) is 0. The number of halogens is 1. The van der Waals surface area contributed by atoms with E-state index in [0.717, 1.165) is 10.5 Å². The van der Waals surface area contributed by atoms with Crippen LogP contribution in [0.25, 0.3) is 5.57 Å². The topological polar surface area (TPSA) is 49.9 Å². The minimum Gasteiger partial charge on any atom is -0.497 e. The monoisotopic (exact) mass is 444 g/mol. The Kier molecular flexibility index (Phi) is 6.54. The molecular formula is C27H25FN2O3. The highest BCUT2D eigenvalue weighted by atomic mass is 19.1. The van der Waals surface area contributed by atoms with Crippen LogP contribution in [0.1, 0.15) is 23.6 Å². The summed E-state index contributed by atoms with van der Waals surface area (Å²) in [6, 6.07) is 23.0. The average Bonchev–Trinajstić information content (AvgIpc) is 3.09. The highest BCUT2D eigenvalue weighted by molar-refractivity contribution is 6.35. The Morgan fingerprint density at radius 3 is 2.18 bits per heavy atom. The van der Waals surface area contributed by atoms with E-state index in [1.165, 1.54) is 6.07 Å². The molecule has 0 atom stereocenters. The van der Waals surface area contributed by atoms with Crippen LogP contribution in [-0.4, -0.2) is 35.3 Å². The molecule has 0 spiro atoms. The number of likely N-dealkylation sites (N-methyl/N-ethyl adjacent to an activating group) is 1. The highest BCUT2D eigenvalue weighted by Gasteiger charge is 2.41. The number of rotatable bonds is 8. The van der Waals surface area contributed by atoms with Gasteiger partial charge in [0.1, 0.15) is 17.3 Å². The first-order valence-corrected chi connectivity index (χ1v) is 10.8. The highest BCUT2D eigenvalue weighted by Crippen LogP contribution is 2.34. The van der Waals surface area contributed by atoms with E-state index in [0.29, 0.717) is 41.2 Å². The van der Waals surface area contributed by atoms with Gasteiger partial charge in [0.05, 0.1) is 19.2 Å². The van der Waals surface area contributed by atoms with Crippen molar-refractivity contribution in [2.24, 2.45) is 0 Å². The van der Waals surface area contributed by atoms with Crippen LogP contribution in [0.5, 0.6) is 5.75 Å². The minimum atomic E-state index is -0.450. The molecular weight excluding hydrogens is 419 g/mol. The van der Waals surface area contributed by atoms with Gasteiger partial charge >= 0.3 is 0 Å². The molecule has 168 valence electrons. The molecule has 3 aromatic carbocycles. The third kappa shape index (κ3) is 4.51. The Labute approximate surface area is 192 Å². The van der Waals surface area contributed by atoms with Crippen molar-refractivity contribution in [2.45, 2.75) is 20.0 Å². The first kappa shape index (κ1) is 22.3. The SMILES string of the molecule is CCN(Cc1ccccc1)C1=C(c2ccc(OC)cc2)C(=O)N(Cc2ccccc2F)C1=O. The van der Waals surface area contributed by atoms with Crippen molar-refractivity contribution in [3.63, 3.8) is 0 Å². The predicted octanol–water partition coefficient (Wildman–Crippen LogP) is 4.64. The summed E-state index contributed by atoms with van der Waals surface area (Å²) in [5.74, 6) is -0.659. The smallest absolute Gasteiger partial charge is 0.278 e. The zero-order valence-corrected chi connectivity index (χ0v) is 18.6. The lowest BCUT2D eigenvalue weighted by Gasteiger charge is -2.25. The zero-order chi connectivity index (χ0) is 23.4. The largest absolute Gasteiger partial charge is 0.497 e. The summed E-state index contributed by atoms with van der Waals surface area (Å²) in [4.78, 5) is 30.1. The number of hydrogen-bond acceptors (Lipinski definition) is 4. The molecule has 1 aliphatic heterocycles. The number of ether oxygens (including phenoxy) is 1. The fourth-order valence-corrected chi connectivity index (χ4v) is 3.97. The third-order valence-corrected chi connectivity index (χ3v) is 5.72. The molecule has 0 unspecified atom stereocenters. The van der Waals surface area contributed by atoms with Gasteiger partial charge in [0.2, 0.25) is 0 Å². The summed E-state index contributed by atoms with van der Waals surface area (Å²) >= 11 is 0. The first-order chi connectivity index (χ1) is 16.0. The van der Waals surface area contributed by atoms with Gasteiger partial charge in [0, 0.05) is 18.7 Å². The molecule has 2 amide bonds. The minimum absolute atomic E-state index is 0.129. The van der Waals surface area contributed by atoms with E-state index in [4.69, 9.17) is 4.74 Å². The molecule has 0 fully saturated rings. The van der Waals surface area contributed by atoms with Gasteiger partial charge in [-0.15, -0.1) is 0 Å². The van der Waals surface area contributed by atoms with Gasteiger partial charge < -0.3 is 9.64 Å². The zero-order valence-electron chi connectivity index (χ0n) is 18.6. The molecule has 0 saturated carbocycles. The van der Waals surface area contributed by atoms with E-state index in [1.54, 1.807) is 49.6 Å². The van der Waals surface area contributed by atoms with Gasteiger partial charge in [-0.1, -0.05) is 60.7 Å². The lowest BCUT2D eigenvalue weighted by molar-refractivity contribution is -0.138. The van der Waals surface area contributed by atoms with Gasteiger partial charge in [0.25, 0.3) is 11.8 Å². The van der Waals surface area contributed by atoms with E-state index in [9.17, 15) is 14.0 Å². The van der Waals surface area contributed by atoms with E-state index >= 15 is 0 Å². The standard InChI is InChI=1S/C27H25FN2O3/c1-3-29(17-19-9-5-4-6-10-19)25-24(20-13-15-22(33-2)16-14-20)26(31)30(27(25)32)18-21-11-7-8-12-23(21)28/h4-16H,3,17-18H2,1-2H3. The van der Waals surface area contributed by atoms with Gasteiger partial charge in [-0.05, 0) is 36.2 Å². The molecule has 0 saturated heterocycles. The van der Waals surface area contributed by atoms with E-state index in [1.807, 2.05) is 42.2 Å². The molecule has 5 nitrogen and oxygen atoms in total. The molecule has 0 aromatic heterocycles. The number of carbonyl (C=O) groups is 2. The van der Waals surface area contributed by atoms with Crippen LogP contribution >= 0.6 is 0 Å². The summed E-state index contributed by atoms with van der Waals surface area (Å²) in [5, 5.41) is 0. The summed E-state index contributed by atoms with van der Waals surface area (Å²) < 4.78 is 19.6. The predicted molar refractivity (Wildman–Crippen MR) is 124 cm³/mol. The van der Waals surface area contributed by atoms with Crippen molar-refractivity contribution in [3.05, 3.63) is 107 Å². The normalized spacial score (nSPS) is 13.6. The second-order valence-electron chi connectivity index (χ2n) is 7.74. The van der Waals surface area contributed by atoms with Gasteiger partial charge in [-0.2, -0.15) is 0 Å². The summed E-state index contributed by atoms with van der Waals surface area (Å²) in [5.41, 5.74) is 2.57. The van der Waals surface area contributed by atoms with Gasteiger partial charge in [0.15, 0.2) is 0 Å². The summed E-state index contributed by atoms with van der Waals surface area (Å²) in [6.45, 7) is 2.81. The molecule has 6 heteroatoms. The van der Waals surface area contributed by atoms with E-state index < -0.39 is 17.6 Å². The van der Waals surface area contributed by atoms with Gasteiger partial charge in [-0.3, -0.25) is 14.5 Å². The first-order valence-electron chi connectivity index (χ1n) is 10.8. The van der Waals surface area contributed by atoms with Crippen LogP contribution in [0.3, 0.4) is 0 Å². The van der Waals surface area contributed by atoms with Crippen LogP contribution in [0.15, 0.2) is 84.6 Å². The molecule has 33 heavy (non-hydrogen) atoms. The van der Waals surface area contributed by atoms with Crippen molar-refractivity contribution in [3.8, 4) is 5.75 Å². The quantitative estimate of drug-likeness (QED) is 0.475. The Morgan fingerprint density at radius 1 is 0.879 bits per heavy atom. The maximum Gasteiger partial charge on any atom is 0.278 e. The maximum absolute atomic E-state index is 14.3. The second-order valence-corrected chi connectivity index (χ2v) is 7.74. The molecule has 3 aromatic rings. The molecule has 4 rings (SSSR count). The van der Waals surface area contributed by atoms with Gasteiger partial charge in [-0.25, -0.2) is 4.39 Å². The Balaban J connectivity index is 1.77. The number of imide groups is 1. The number of methoxy groups -OCH3 is 1. The lowest BCUT2D eigenvalue weighted by atomic mass is 10.0. The van der Waals surface area contributed by atoms with Crippen molar-refractivity contribution < 1.29 is 18.7 Å². The molecule has 0 radical (unpaired) electrons. The van der Waals surface area contributed by atoms with Crippen LogP contribution in [0.4, 0.5) is 4.39 Å². The third-order valence-electron chi connectivity index (χ3n) is 5.72. The summed E-state index contributed by atoms with van der Waals surface area (Å²) in [6.07, 6.45) is 0. The fourth-order valence-electron chi connectivity index (χ4n) is 3.97. The van der Waals surface area contributed by atoms with E-state index in [-0.39, 0.29) is 6.54 Å². The Morgan fingerprint density at radius 2 is 1.55 bits per heavy atom. The van der Waals surface area contributed by atoms with E-state index in [2.05, 4.69) is 0 Å². The Hall–Kier alpha value is -3.93. The number of benzene rings is 3. The molecule has 1 aliphatic rings. The van der Waals surface area contributed by atoms with Crippen molar-refractivity contribution >= 4 is 17.4 Å². The number of carbonyl (C=O) groups excluding carboxylic acids is 2. The fraction of sp³-hybridized carbons (Fsp3) is 0.185. The van der Waals surface area contributed by atoms with Crippen LogP contribution in [0, 0.1) is 5.82 Å². The molecule has 1 heterocycles. The molecule has 0 bridgehead atoms. The number of amides is 2. The number of nitrogens with zero attached hydrogens (tertiary/aromatic N) is 2. The Bertz CT molecular complexity index is 1190. The van der Waals surface area contributed by atoms with Crippen molar-refractivity contribution in [1.29, 1.82) is 0 Å². The van der Waals surface area contributed by atoms with Crippen LogP contribution in [0.2, 0.25) is 0 Å². The summed E-state index contributed by atoms with van der Waals surface area (Å²) in [7, 11) is 1.57.